The van der Waals surface area contributed by atoms with Crippen LogP contribution >= 0.6 is 0 Å². The van der Waals surface area contributed by atoms with E-state index in [-0.39, 0.29) is 0 Å². The molecule has 0 amide bonds. The van der Waals surface area contributed by atoms with Gasteiger partial charge in [0.25, 0.3) is 0 Å². The zero-order valence-corrected chi connectivity index (χ0v) is 46.3. The predicted molar refractivity (Wildman–Crippen MR) is 359 cm³/mol. The molecular weight excluding hydrogens is 1030 g/mol. The van der Waals surface area contributed by atoms with E-state index in [1.807, 2.05) is 6.92 Å². The van der Waals surface area contributed by atoms with Crippen LogP contribution in [0.4, 0.5) is 0 Å². The van der Waals surface area contributed by atoms with Crippen LogP contribution in [0.1, 0.15) is 57.0 Å². The van der Waals surface area contributed by atoms with Gasteiger partial charge >= 0.3 is 0 Å². The first-order valence-electron chi connectivity index (χ1n) is 29.6. The lowest BCUT2D eigenvalue weighted by molar-refractivity contribution is 0.669. The summed E-state index contributed by atoms with van der Waals surface area (Å²) < 4.78 is 15.6. The summed E-state index contributed by atoms with van der Waals surface area (Å²) in [5.41, 5.74) is 25.3. The molecule has 0 saturated heterocycles. The molecule has 0 bridgehead atoms. The molecule has 0 aliphatic heterocycles. The molecular formula is C82H47NO2. The van der Waals surface area contributed by atoms with Crippen LogP contribution < -0.4 is 0 Å². The normalized spacial score (nSPS) is 13.6. The SMILES string of the molecule is C=CC.[CH]1c2c1c1ccc3c4ccccc4c4c(c3c1c1cc(-c3ccc5c6c(c7c8c(ccc7c5c3)CC(c3ccc5oc7ccccc7c5c3)=Cc3ccc(-n5c7ccccc7c7c9oc%10ccccc%10c9ccc75)cc3-8)[CH]6)ccc21)C=C4. The molecule has 0 atom stereocenters. The van der Waals surface area contributed by atoms with E-state index in [2.05, 4.69) is 248 Å². The minimum Gasteiger partial charge on any atom is -0.456 e. The molecule has 21 rings (SSSR count). The van der Waals surface area contributed by atoms with E-state index < -0.39 is 0 Å². The van der Waals surface area contributed by atoms with Gasteiger partial charge in [-0.1, -0.05) is 164 Å². The van der Waals surface area contributed by atoms with Gasteiger partial charge in [-0.2, -0.15) is 0 Å². The van der Waals surface area contributed by atoms with E-state index >= 15 is 0 Å². The quantitative estimate of drug-likeness (QED) is 0.130. The molecule has 17 aromatic rings. The summed E-state index contributed by atoms with van der Waals surface area (Å²) in [4.78, 5) is 0. The first-order valence-corrected chi connectivity index (χ1v) is 29.6. The van der Waals surface area contributed by atoms with Gasteiger partial charge in [-0.25, -0.2) is 0 Å². The van der Waals surface area contributed by atoms with Crippen molar-refractivity contribution in [3.63, 3.8) is 0 Å². The van der Waals surface area contributed by atoms with Crippen molar-refractivity contribution in [2.24, 2.45) is 0 Å². The van der Waals surface area contributed by atoms with Crippen molar-refractivity contribution in [3.8, 4) is 27.9 Å². The number of nitrogens with zero attached hydrogens (tertiary/aromatic N) is 1. The highest BCUT2D eigenvalue weighted by molar-refractivity contribution is 6.33. The summed E-state index contributed by atoms with van der Waals surface area (Å²) in [6, 6.07) is 77.1. The third-order valence-electron chi connectivity index (χ3n) is 19.2. The number of fused-ring (bicyclic) bond motifs is 33. The molecule has 0 saturated carbocycles. The first-order chi connectivity index (χ1) is 42.0. The monoisotopic (exact) mass is 1080 g/mol. The van der Waals surface area contributed by atoms with Crippen LogP contribution in [-0.2, 0) is 6.42 Å². The third kappa shape index (κ3) is 6.18. The lowest BCUT2D eigenvalue weighted by Gasteiger charge is -2.20. The Balaban J connectivity index is 0.00000169. The summed E-state index contributed by atoms with van der Waals surface area (Å²) in [6.45, 7) is 5.25. The zero-order chi connectivity index (χ0) is 55.5. The number of para-hydroxylation sites is 3. The number of benzene rings is 14. The van der Waals surface area contributed by atoms with Crippen LogP contribution in [0.15, 0.2) is 228 Å². The van der Waals surface area contributed by atoms with Crippen LogP contribution in [0.5, 0.6) is 0 Å². The van der Waals surface area contributed by atoms with Crippen LogP contribution in [0.25, 0.3) is 182 Å². The van der Waals surface area contributed by atoms with Crippen molar-refractivity contribution in [1.29, 1.82) is 0 Å². The van der Waals surface area contributed by atoms with Gasteiger partial charge in [-0.05, 0) is 223 Å². The zero-order valence-electron chi connectivity index (χ0n) is 46.3. The first kappa shape index (κ1) is 45.8. The van der Waals surface area contributed by atoms with Crippen molar-refractivity contribution in [3.05, 3.63) is 282 Å². The molecule has 85 heavy (non-hydrogen) atoms. The van der Waals surface area contributed by atoms with E-state index in [9.17, 15) is 0 Å². The Morgan fingerprint density at radius 3 is 1.80 bits per heavy atom. The third-order valence-corrected chi connectivity index (χ3v) is 19.2. The van der Waals surface area contributed by atoms with E-state index in [0.717, 1.165) is 72.4 Å². The maximum Gasteiger partial charge on any atom is 0.145 e. The summed E-state index contributed by atoms with van der Waals surface area (Å²) in [7, 11) is 0. The van der Waals surface area contributed by atoms with E-state index in [1.165, 1.54) is 148 Å². The van der Waals surface area contributed by atoms with Gasteiger partial charge in [0.15, 0.2) is 0 Å². The Bertz CT molecular complexity index is 6090. The van der Waals surface area contributed by atoms with E-state index in [0.29, 0.717) is 0 Å². The van der Waals surface area contributed by atoms with Crippen LogP contribution in [0, 0.1) is 12.8 Å². The molecule has 392 valence electrons. The molecule has 0 N–H and O–H groups in total. The summed E-state index contributed by atoms with van der Waals surface area (Å²) in [6.07, 6.45) is 14.4. The maximum absolute atomic E-state index is 6.76. The Kier molecular flexibility index (Phi) is 8.90. The second-order valence-corrected chi connectivity index (χ2v) is 23.7. The van der Waals surface area contributed by atoms with Crippen molar-refractivity contribution in [2.45, 2.75) is 13.3 Å². The lowest BCUT2D eigenvalue weighted by Crippen LogP contribution is -1.97. The fourth-order valence-corrected chi connectivity index (χ4v) is 15.4. The fraction of sp³-hybridized carbons (Fsp3) is 0.0244. The standard InChI is InChI=1S/C79H41NO2.C3H6/c1-2-10-49-48(9-1)50-26-27-56(50)75-55(49)28-29-58-65-39-63(65)52-24-19-42(37-67(52)77(58)75)41-18-23-51-62(35-41)57-25-20-45-34-46(43-21-32-73-66(36-43)54-12-5-7-15-71(54)81-73)33-44-17-22-47(38-61(44)74(45)76(57)68-40-64(51)68)80-69-14-6-3-13-60(69)78-70(80)31-30-59-53-11-4-8-16-72(53)82-79(59)78;1-3-2/h1-33,35-40H,34H2;3H,1H2,2H3. The molecule has 3 nitrogen and oxygen atoms in total. The topological polar surface area (TPSA) is 31.2 Å². The van der Waals surface area contributed by atoms with Gasteiger partial charge in [0.2, 0.25) is 0 Å². The summed E-state index contributed by atoms with van der Waals surface area (Å²) in [5.74, 6) is 0. The summed E-state index contributed by atoms with van der Waals surface area (Å²) in [5, 5.41) is 22.8. The highest BCUT2D eigenvalue weighted by Gasteiger charge is 2.32. The molecule has 14 aromatic carbocycles. The Labute approximate surface area is 487 Å². The van der Waals surface area contributed by atoms with Crippen molar-refractivity contribution >= 4 is 154 Å². The molecule has 0 fully saturated rings. The molecule has 0 spiro atoms. The molecule has 2 radical (unpaired) electrons. The number of furan rings is 2. The fourth-order valence-electron chi connectivity index (χ4n) is 15.4. The van der Waals surface area contributed by atoms with Gasteiger partial charge in [0.1, 0.15) is 22.3 Å². The highest BCUT2D eigenvalue weighted by Crippen LogP contribution is 2.54. The molecule has 3 heteroatoms. The van der Waals surface area contributed by atoms with Crippen molar-refractivity contribution in [1.82, 2.24) is 4.57 Å². The lowest BCUT2D eigenvalue weighted by atomic mass is 9.83. The average Bonchev–Trinajstić information content (AvgIpc) is 1.86. The Hall–Kier alpha value is -10.7. The second-order valence-electron chi connectivity index (χ2n) is 23.7. The largest absolute Gasteiger partial charge is 0.456 e. The van der Waals surface area contributed by atoms with Crippen molar-refractivity contribution in [2.75, 3.05) is 0 Å². The van der Waals surface area contributed by atoms with Gasteiger partial charge in [0, 0.05) is 45.5 Å². The minimum absolute atomic E-state index is 0.776. The smallest absolute Gasteiger partial charge is 0.145 e. The molecule has 3 heterocycles. The number of rotatable bonds is 3. The van der Waals surface area contributed by atoms with Crippen LogP contribution in [-0.4, -0.2) is 4.57 Å². The van der Waals surface area contributed by atoms with Crippen LogP contribution in [0.2, 0.25) is 0 Å². The Morgan fingerprint density at radius 1 is 0.388 bits per heavy atom. The maximum atomic E-state index is 6.76. The molecule has 4 aliphatic rings. The van der Waals surface area contributed by atoms with Gasteiger partial charge in [0.05, 0.1) is 16.4 Å². The molecule has 3 aromatic heterocycles. The minimum atomic E-state index is 0.776. The second kappa shape index (κ2) is 16.5. The van der Waals surface area contributed by atoms with E-state index in [1.54, 1.807) is 6.08 Å². The van der Waals surface area contributed by atoms with Gasteiger partial charge < -0.3 is 13.4 Å². The summed E-state index contributed by atoms with van der Waals surface area (Å²) >= 11 is 0. The predicted octanol–water partition coefficient (Wildman–Crippen LogP) is 22.4. The number of hydrogen-bond acceptors (Lipinski definition) is 2. The van der Waals surface area contributed by atoms with Crippen molar-refractivity contribution < 1.29 is 8.83 Å². The molecule has 4 aliphatic carbocycles. The van der Waals surface area contributed by atoms with E-state index in [4.69, 9.17) is 8.83 Å². The van der Waals surface area contributed by atoms with Gasteiger partial charge in [-0.3, -0.25) is 0 Å². The number of aromatic nitrogens is 1. The number of hydrogen-bond donors (Lipinski definition) is 0. The average molecular weight is 1080 g/mol. The Morgan fingerprint density at radius 2 is 0.976 bits per heavy atom. The highest BCUT2D eigenvalue weighted by atomic mass is 16.3. The van der Waals surface area contributed by atoms with Crippen LogP contribution in [0.3, 0.4) is 0 Å². The van der Waals surface area contributed by atoms with Gasteiger partial charge in [-0.15, -0.1) is 6.58 Å². The number of allylic oxidation sites excluding steroid dienone is 2. The molecule has 0 unspecified atom stereocenters.